The number of halogens is 3. The first-order chi connectivity index (χ1) is 9.14. The Labute approximate surface area is 114 Å². The van der Waals surface area contributed by atoms with E-state index in [9.17, 15) is 22.8 Å². The van der Waals surface area contributed by atoms with Gasteiger partial charge in [-0.25, -0.2) is 0 Å². The number of carbonyl (C=O) groups excluding carboxylic acids is 2. The standard InChI is InChI=1S/C12H18F3N3O2/c1-11(16,12(13,14)15)10(20)18-6-4-17(5-7-18)9(19)8-2-3-8/h8H,2-7,16H2,1H3. The van der Waals surface area contributed by atoms with E-state index in [0.717, 1.165) is 17.7 Å². The van der Waals surface area contributed by atoms with Crippen LogP contribution in [0.3, 0.4) is 0 Å². The molecule has 1 unspecified atom stereocenters. The zero-order valence-electron chi connectivity index (χ0n) is 11.2. The van der Waals surface area contributed by atoms with E-state index in [4.69, 9.17) is 5.73 Å². The van der Waals surface area contributed by atoms with Crippen LogP contribution < -0.4 is 5.73 Å². The van der Waals surface area contributed by atoms with Crippen molar-refractivity contribution < 1.29 is 22.8 Å². The van der Waals surface area contributed by atoms with Crippen LogP contribution in [0.15, 0.2) is 0 Å². The van der Waals surface area contributed by atoms with E-state index in [-0.39, 0.29) is 38.0 Å². The molecule has 1 atom stereocenters. The lowest BCUT2D eigenvalue weighted by molar-refractivity contribution is -0.194. The summed E-state index contributed by atoms with van der Waals surface area (Å²) in [5, 5.41) is 0. The van der Waals surface area contributed by atoms with Gasteiger partial charge in [-0.05, 0) is 19.8 Å². The molecule has 1 heterocycles. The summed E-state index contributed by atoms with van der Waals surface area (Å²) in [5.74, 6) is -1.01. The predicted molar refractivity (Wildman–Crippen MR) is 64.5 cm³/mol. The molecule has 0 bridgehead atoms. The van der Waals surface area contributed by atoms with Crippen molar-refractivity contribution in [1.29, 1.82) is 0 Å². The molecule has 2 rings (SSSR count). The second-order valence-corrected chi connectivity index (χ2v) is 5.59. The van der Waals surface area contributed by atoms with Gasteiger partial charge in [0.2, 0.25) is 5.91 Å². The van der Waals surface area contributed by atoms with Gasteiger partial charge in [-0.15, -0.1) is 0 Å². The van der Waals surface area contributed by atoms with Crippen LogP contribution in [-0.4, -0.2) is 59.5 Å². The maximum absolute atomic E-state index is 12.7. The lowest BCUT2D eigenvalue weighted by Gasteiger charge is -2.39. The van der Waals surface area contributed by atoms with E-state index in [1.165, 1.54) is 0 Å². The molecule has 0 aromatic carbocycles. The van der Waals surface area contributed by atoms with Crippen molar-refractivity contribution >= 4 is 11.8 Å². The fraction of sp³-hybridized carbons (Fsp3) is 0.833. The Morgan fingerprint density at radius 1 is 1.05 bits per heavy atom. The number of rotatable bonds is 2. The number of carbonyl (C=O) groups is 2. The number of hydrogen-bond acceptors (Lipinski definition) is 3. The summed E-state index contributed by atoms with van der Waals surface area (Å²) < 4.78 is 38.2. The molecule has 1 saturated heterocycles. The summed E-state index contributed by atoms with van der Waals surface area (Å²) in [7, 11) is 0. The second kappa shape index (κ2) is 4.91. The maximum Gasteiger partial charge on any atom is 0.415 e. The van der Waals surface area contributed by atoms with Gasteiger partial charge in [0.25, 0.3) is 5.91 Å². The highest BCUT2D eigenvalue weighted by molar-refractivity contribution is 5.87. The Balaban J connectivity index is 1.93. The van der Waals surface area contributed by atoms with Crippen molar-refractivity contribution in [2.75, 3.05) is 26.2 Å². The molecule has 2 N–H and O–H groups in total. The van der Waals surface area contributed by atoms with Crippen molar-refractivity contribution in [2.45, 2.75) is 31.5 Å². The summed E-state index contributed by atoms with van der Waals surface area (Å²) in [4.78, 5) is 26.4. The monoisotopic (exact) mass is 293 g/mol. The first-order valence-corrected chi connectivity index (χ1v) is 6.58. The minimum atomic E-state index is -4.79. The van der Waals surface area contributed by atoms with Gasteiger partial charge in [0.05, 0.1) is 0 Å². The summed E-state index contributed by atoms with van der Waals surface area (Å²) in [5.41, 5.74) is 2.24. The van der Waals surface area contributed by atoms with Gasteiger partial charge in [0.1, 0.15) is 0 Å². The Morgan fingerprint density at radius 3 is 1.90 bits per heavy atom. The highest BCUT2D eigenvalue weighted by Gasteiger charge is 2.55. The van der Waals surface area contributed by atoms with Gasteiger partial charge in [-0.1, -0.05) is 0 Å². The molecule has 0 aromatic heterocycles. The third-order valence-electron chi connectivity index (χ3n) is 3.84. The van der Waals surface area contributed by atoms with Crippen LogP contribution >= 0.6 is 0 Å². The quantitative estimate of drug-likeness (QED) is 0.799. The van der Waals surface area contributed by atoms with Crippen LogP contribution in [0.5, 0.6) is 0 Å². The van der Waals surface area contributed by atoms with Crippen LogP contribution in [0.2, 0.25) is 0 Å². The Kier molecular flexibility index (Phi) is 3.70. The van der Waals surface area contributed by atoms with Crippen molar-refractivity contribution in [3.8, 4) is 0 Å². The van der Waals surface area contributed by atoms with Gasteiger partial charge in [-0.2, -0.15) is 13.2 Å². The van der Waals surface area contributed by atoms with Crippen molar-refractivity contribution in [3.05, 3.63) is 0 Å². The molecule has 0 radical (unpaired) electrons. The molecular weight excluding hydrogens is 275 g/mol. The van der Waals surface area contributed by atoms with Crippen molar-refractivity contribution in [1.82, 2.24) is 9.80 Å². The lowest BCUT2D eigenvalue weighted by Crippen LogP contribution is -2.64. The molecule has 8 heteroatoms. The first-order valence-electron chi connectivity index (χ1n) is 6.58. The molecule has 2 amide bonds. The fourth-order valence-electron chi connectivity index (χ4n) is 2.17. The maximum atomic E-state index is 12.7. The van der Waals surface area contributed by atoms with Crippen LogP contribution in [-0.2, 0) is 9.59 Å². The summed E-state index contributed by atoms with van der Waals surface area (Å²) in [6, 6.07) is 0. The molecule has 20 heavy (non-hydrogen) atoms. The average molecular weight is 293 g/mol. The van der Waals surface area contributed by atoms with Crippen LogP contribution in [0, 0.1) is 5.92 Å². The predicted octanol–water partition coefficient (Wildman–Crippen LogP) is 0.347. The first kappa shape index (κ1) is 15.1. The largest absolute Gasteiger partial charge is 0.415 e. The van der Waals surface area contributed by atoms with Gasteiger partial charge >= 0.3 is 6.18 Å². The van der Waals surface area contributed by atoms with Crippen LogP contribution in [0.4, 0.5) is 13.2 Å². The van der Waals surface area contributed by atoms with Gasteiger partial charge in [0.15, 0.2) is 5.54 Å². The number of nitrogens with two attached hydrogens (primary N) is 1. The summed E-state index contributed by atoms with van der Waals surface area (Å²) in [6.45, 7) is 1.42. The van der Waals surface area contributed by atoms with Crippen LogP contribution in [0.25, 0.3) is 0 Å². The van der Waals surface area contributed by atoms with E-state index >= 15 is 0 Å². The Bertz CT molecular complexity index is 411. The molecular formula is C12H18F3N3O2. The van der Waals surface area contributed by atoms with E-state index in [0.29, 0.717) is 6.92 Å². The average Bonchev–Trinajstić information content (AvgIpc) is 3.20. The number of alkyl halides is 3. The number of amides is 2. The Morgan fingerprint density at radius 2 is 1.50 bits per heavy atom. The lowest BCUT2D eigenvalue weighted by atomic mass is 10.0. The minimum absolute atomic E-state index is 0.0448. The number of nitrogens with zero attached hydrogens (tertiary/aromatic N) is 2. The Hall–Kier alpha value is -1.31. The normalized spacial score (nSPS) is 23.4. The smallest absolute Gasteiger partial charge is 0.339 e. The molecule has 0 aromatic rings. The van der Waals surface area contributed by atoms with Gasteiger partial charge in [0, 0.05) is 32.1 Å². The number of piperazine rings is 1. The van der Waals surface area contributed by atoms with Gasteiger partial charge in [-0.3, -0.25) is 9.59 Å². The number of hydrogen-bond donors (Lipinski definition) is 1. The third-order valence-corrected chi connectivity index (χ3v) is 3.84. The minimum Gasteiger partial charge on any atom is -0.339 e. The fourth-order valence-corrected chi connectivity index (χ4v) is 2.17. The molecule has 114 valence electrons. The summed E-state index contributed by atoms with van der Waals surface area (Å²) in [6.07, 6.45) is -3.02. The SMILES string of the molecule is CC(N)(C(=O)N1CCN(C(=O)C2CC2)CC1)C(F)(F)F. The van der Waals surface area contributed by atoms with E-state index in [1.54, 1.807) is 4.90 Å². The highest BCUT2D eigenvalue weighted by atomic mass is 19.4. The highest BCUT2D eigenvalue weighted by Crippen LogP contribution is 2.32. The topological polar surface area (TPSA) is 66.6 Å². The molecule has 1 aliphatic heterocycles. The molecule has 2 fully saturated rings. The summed E-state index contributed by atoms with van der Waals surface area (Å²) >= 11 is 0. The van der Waals surface area contributed by atoms with Crippen molar-refractivity contribution in [3.63, 3.8) is 0 Å². The molecule has 1 aliphatic carbocycles. The van der Waals surface area contributed by atoms with Gasteiger partial charge < -0.3 is 15.5 Å². The third kappa shape index (κ3) is 2.74. The second-order valence-electron chi connectivity index (χ2n) is 5.59. The molecule has 1 saturated carbocycles. The van der Waals surface area contributed by atoms with E-state index in [1.807, 2.05) is 0 Å². The van der Waals surface area contributed by atoms with Crippen molar-refractivity contribution in [2.24, 2.45) is 11.7 Å². The molecule has 0 spiro atoms. The molecule has 5 nitrogen and oxygen atoms in total. The van der Waals surface area contributed by atoms with E-state index < -0.39 is 17.6 Å². The molecule has 2 aliphatic rings. The zero-order chi connectivity index (χ0) is 15.1. The van der Waals surface area contributed by atoms with E-state index in [2.05, 4.69) is 0 Å². The zero-order valence-corrected chi connectivity index (χ0v) is 11.2. The van der Waals surface area contributed by atoms with Crippen LogP contribution in [0.1, 0.15) is 19.8 Å².